The minimum Gasteiger partial charge on any atom is -0.443 e. The van der Waals surface area contributed by atoms with Crippen molar-refractivity contribution < 1.29 is 18.7 Å². The zero-order valence-corrected chi connectivity index (χ0v) is 18.7. The molecule has 8 nitrogen and oxygen atoms in total. The van der Waals surface area contributed by atoms with Crippen LogP contribution in [0.15, 0.2) is 42.7 Å². The number of nitriles is 1. The summed E-state index contributed by atoms with van der Waals surface area (Å²) in [6, 6.07) is 10.6. The van der Waals surface area contributed by atoms with Crippen LogP contribution in [0.3, 0.4) is 0 Å². The van der Waals surface area contributed by atoms with Crippen LogP contribution in [0.1, 0.15) is 6.92 Å². The zero-order valence-electron chi connectivity index (χ0n) is 18.7. The third-order valence-corrected chi connectivity index (χ3v) is 5.78. The summed E-state index contributed by atoms with van der Waals surface area (Å²) in [6.45, 7) is 4.59. The van der Waals surface area contributed by atoms with Crippen LogP contribution in [-0.4, -0.2) is 56.7 Å². The number of rotatable bonds is 4. The molecule has 4 atom stereocenters. The Labute approximate surface area is 192 Å². The monoisotopic (exact) mass is 453 g/mol. The Morgan fingerprint density at radius 1 is 1.36 bits per heavy atom. The maximum absolute atomic E-state index is 14.3. The molecule has 2 saturated heterocycles. The van der Waals surface area contributed by atoms with Gasteiger partial charge in [-0.1, -0.05) is 6.07 Å². The van der Waals surface area contributed by atoms with Crippen molar-refractivity contribution in [2.24, 2.45) is 17.8 Å². The van der Waals surface area contributed by atoms with E-state index in [1.54, 1.807) is 43.7 Å². The van der Waals surface area contributed by atoms with Gasteiger partial charge >= 0.3 is 6.09 Å². The van der Waals surface area contributed by atoms with E-state index in [0.717, 1.165) is 31.2 Å². The highest BCUT2D eigenvalue weighted by Crippen LogP contribution is 2.47. The van der Waals surface area contributed by atoms with Crippen molar-refractivity contribution in [3.05, 3.63) is 48.5 Å². The fourth-order valence-corrected chi connectivity index (χ4v) is 4.10. The third-order valence-electron chi connectivity index (χ3n) is 5.78. The minimum atomic E-state index is -0.450. The molecule has 3 heterocycles. The van der Waals surface area contributed by atoms with Crippen LogP contribution < -0.4 is 15.5 Å². The molecule has 3 aliphatic rings. The summed E-state index contributed by atoms with van der Waals surface area (Å²) in [5.41, 5.74) is 1.65. The Balaban J connectivity index is 0.000000228. The smallest absolute Gasteiger partial charge is 0.414 e. The van der Waals surface area contributed by atoms with Gasteiger partial charge in [0.25, 0.3) is 0 Å². The number of benzene rings is 1. The Hall–Kier alpha value is -3.35. The topological polar surface area (TPSA) is 107 Å². The van der Waals surface area contributed by atoms with E-state index in [2.05, 4.69) is 21.7 Å². The number of ether oxygens (including phenoxy) is 1. The van der Waals surface area contributed by atoms with E-state index in [1.807, 2.05) is 0 Å². The van der Waals surface area contributed by atoms with E-state index in [0.29, 0.717) is 35.8 Å². The summed E-state index contributed by atoms with van der Waals surface area (Å²) in [7, 11) is 1.79. The number of piperidine rings is 1. The van der Waals surface area contributed by atoms with Crippen LogP contribution in [-0.2, 0) is 9.53 Å². The molecule has 5 rings (SSSR count). The highest BCUT2D eigenvalue weighted by Gasteiger charge is 2.53. The van der Waals surface area contributed by atoms with E-state index in [9.17, 15) is 9.18 Å². The largest absolute Gasteiger partial charge is 0.443 e. The molecular formula is C24H28FN5O3. The zero-order chi connectivity index (χ0) is 23.8. The molecule has 33 heavy (non-hydrogen) atoms. The quantitative estimate of drug-likeness (QED) is 0.685. The summed E-state index contributed by atoms with van der Waals surface area (Å²) in [4.78, 5) is 26.1. The summed E-state index contributed by atoms with van der Waals surface area (Å²) in [5, 5.41) is 14.6. The number of anilines is 1. The summed E-state index contributed by atoms with van der Waals surface area (Å²) in [5.74, 6) is 1.46. The molecule has 174 valence electrons. The number of pyridine rings is 1. The molecular weight excluding hydrogens is 425 g/mol. The number of halogens is 1. The molecule has 2 aromatic rings. The number of nitrogens with one attached hydrogen (secondary N) is 2. The molecule has 1 aliphatic carbocycles. The summed E-state index contributed by atoms with van der Waals surface area (Å²) >= 11 is 0. The molecule has 0 bridgehead atoms. The number of cyclic esters (lactones) is 1. The predicted molar refractivity (Wildman–Crippen MR) is 122 cm³/mol. The van der Waals surface area contributed by atoms with E-state index >= 15 is 0 Å². The van der Waals surface area contributed by atoms with Gasteiger partial charge in [0.2, 0.25) is 0 Å². The molecule has 2 unspecified atom stereocenters. The number of aromatic nitrogens is 1. The molecule has 2 aliphatic heterocycles. The van der Waals surface area contributed by atoms with Gasteiger partial charge in [-0.05, 0) is 63.2 Å². The molecule has 3 fully saturated rings. The van der Waals surface area contributed by atoms with Crippen molar-refractivity contribution >= 4 is 18.1 Å². The molecule has 1 aromatic heterocycles. The number of hydrogen-bond acceptors (Lipinski definition) is 7. The number of likely N-dealkylation sites (N-methyl/N-ethyl adjacent to an activating group) is 1. The number of carbonyl (C=O) groups excluding carboxylic acids is 2. The van der Waals surface area contributed by atoms with E-state index in [-0.39, 0.29) is 6.10 Å². The number of hydrogen-bond donors (Lipinski definition) is 2. The van der Waals surface area contributed by atoms with Crippen LogP contribution in [0.4, 0.5) is 14.9 Å². The van der Waals surface area contributed by atoms with E-state index in [4.69, 9.17) is 14.8 Å². The van der Waals surface area contributed by atoms with Gasteiger partial charge in [0, 0.05) is 30.1 Å². The maximum atomic E-state index is 14.3. The minimum absolute atomic E-state index is 0.224. The van der Waals surface area contributed by atoms with Crippen molar-refractivity contribution in [3.8, 4) is 17.2 Å². The molecule has 1 aromatic carbocycles. The van der Waals surface area contributed by atoms with Crippen molar-refractivity contribution in [1.82, 2.24) is 15.6 Å². The summed E-state index contributed by atoms with van der Waals surface area (Å²) < 4.78 is 19.6. The van der Waals surface area contributed by atoms with Gasteiger partial charge in [0.1, 0.15) is 18.2 Å². The normalized spacial score (nSPS) is 24.3. The van der Waals surface area contributed by atoms with E-state index in [1.165, 1.54) is 17.9 Å². The Bertz CT molecular complexity index is 987. The number of nitrogens with zero attached hydrogens (tertiary/aromatic N) is 3. The van der Waals surface area contributed by atoms with Crippen LogP contribution >= 0.6 is 0 Å². The lowest BCUT2D eigenvalue weighted by Gasteiger charge is -2.14. The van der Waals surface area contributed by atoms with Gasteiger partial charge in [0.15, 0.2) is 0 Å². The van der Waals surface area contributed by atoms with Crippen LogP contribution in [0, 0.1) is 34.9 Å². The molecule has 2 N–H and O–H groups in total. The number of amides is 1. The van der Waals surface area contributed by atoms with Gasteiger partial charge < -0.3 is 20.2 Å². The van der Waals surface area contributed by atoms with Crippen LogP contribution in [0.5, 0.6) is 0 Å². The second kappa shape index (κ2) is 11.5. The molecule has 1 saturated carbocycles. The Morgan fingerprint density at radius 3 is 2.64 bits per heavy atom. The SMILES string of the molecule is CC=O.CNCC1CN(c2ccc(-c3cccnc3)c(F)c2)C(=O)O1.N#CC1[C@H]2CNC[C@@H]12. The van der Waals surface area contributed by atoms with Crippen molar-refractivity contribution in [1.29, 1.82) is 5.26 Å². The number of carbonyl (C=O) groups is 2. The second-order valence-corrected chi connectivity index (χ2v) is 7.96. The van der Waals surface area contributed by atoms with Gasteiger partial charge in [0.05, 0.1) is 24.2 Å². The highest BCUT2D eigenvalue weighted by molar-refractivity contribution is 5.90. The average Bonchev–Trinajstić information content (AvgIpc) is 3.10. The highest BCUT2D eigenvalue weighted by atomic mass is 19.1. The average molecular weight is 454 g/mol. The van der Waals surface area contributed by atoms with Gasteiger partial charge in [-0.15, -0.1) is 0 Å². The predicted octanol–water partition coefficient (Wildman–Crippen LogP) is 2.61. The summed E-state index contributed by atoms with van der Waals surface area (Å²) in [6.07, 6.45) is 3.32. The third kappa shape index (κ3) is 5.92. The first-order chi connectivity index (χ1) is 16.0. The first-order valence-corrected chi connectivity index (χ1v) is 10.9. The van der Waals surface area contributed by atoms with E-state index < -0.39 is 11.9 Å². The van der Waals surface area contributed by atoms with Crippen molar-refractivity contribution in [2.45, 2.75) is 13.0 Å². The number of fused-ring (bicyclic) bond motifs is 1. The lowest BCUT2D eigenvalue weighted by Crippen LogP contribution is -2.29. The first kappa shape index (κ1) is 24.3. The Kier molecular flexibility index (Phi) is 8.46. The second-order valence-electron chi connectivity index (χ2n) is 7.96. The fourth-order valence-electron chi connectivity index (χ4n) is 4.10. The lowest BCUT2D eigenvalue weighted by atomic mass is 10.1. The number of aldehydes is 1. The lowest BCUT2D eigenvalue weighted by molar-refractivity contribution is -0.106. The van der Waals surface area contributed by atoms with Crippen LogP contribution in [0.2, 0.25) is 0 Å². The molecule has 0 spiro atoms. The molecule has 9 heteroatoms. The van der Waals surface area contributed by atoms with Crippen LogP contribution in [0.25, 0.3) is 11.1 Å². The van der Waals surface area contributed by atoms with Crippen molar-refractivity contribution in [3.63, 3.8) is 0 Å². The fraction of sp³-hybridized carbons (Fsp3) is 0.417. The Morgan fingerprint density at radius 2 is 2.09 bits per heavy atom. The van der Waals surface area contributed by atoms with Gasteiger partial charge in [-0.25, -0.2) is 9.18 Å². The maximum Gasteiger partial charge on any atom is 0.414 e. The van der Waals surface area contributed by atoms with Gasteiger partial charge in [-0.3, -0.25) is 9.88 Å². The first-order valence-electron chi connectivity index (χ1n) is 10.9. The molecule has 1 amide bonds. The van der Waals surface area contributed by atoms with Gasteiger partial charge in [-0.2, -0.15) is 5.26 Å². The molecule has 0 radical (unpaired) electrons. The van der Waals surface area contributed by atoms with Crippen molar-refractivity contribution in [2.75, 3.05) is 38.1 Å². The standard InChI is InChI=1S/C16H16FN3O2.C6H8N2.C2H4O/c1-18-9-13-10-20(16(21)22-13)12-4-5-14(15(17)7-12)11-3-2-6-19-8-11;7-1-4-5-2-8-3-6(4)5;1-2-3/h2-8,13,18H,9-10H2,1H3;4-6,8H,2-3H2;2H,1H3/t;4?,5-,6+;.